The number of anilines is 1. The van der Waals surface area contributed by atoms with Crippen molar-refractivity contribution in [2.45, 2.75) is 12.8 Å². The van der Waals surface area contributed by atoms with Crippen molar-refractivity contribution in [1.82, 2.24) is 0 Å². The van der Waals surface area contributed by atoms with Crippen LogP contribution in [0.3, 0.4) is 0 Å². The molecule has 19 heavy (non-hydrogen) atoms. The van der Waals surface area contributed by atoms with Crippen molar-refractivity contribution < 1.29 is 12.8 Å². The molecule has 0 bridgehead atoms. The van der Waals surface area contributed by atoms with Crippen LogP contribution in [0.2, 0.25) is 0 Å². The minimum absolute atomic E-state index is 0.00552. The molecule has 104 valence electrons. The molecule has 7 heteroatoms. The fraction of sp³-hybridized carbons (Fsp3) is 0.417. The van der Waals surface area contributed by atoms with Gasteiger partial charge in [-0.05, 0) is 18.6 Å². The van der Waals surface area contributed by atoms with E-state index in [0.29, 0.717) is 0 Å². The van der Waals surface area contributed by atoms with Gasteiger partial charge < -0.3 is 0 Å². The van der Waals surface area contributed by atoms with Crippen LogP contribution < -0.4 is 4.31 Å². The topological polar surface area (TPSA) is 61.2 Å². The Bertz CT molecular complexity index is 557. The third kappa shape index (κ3) is 4.37. The molecule has 0 N–H and O–H groups in total. The van der Waals surface area contributed by atoms with Gasteiger partial charge in [0, 0.05) is 12.4 Å². The number of hydrogen-bond acceptors (Lipinski definition) is 3. The summed E-state index contributed by atoms with van der Waals surface area (Å²) in [4.78, 5) is 0. The number of alkyl halides is 1. The monoisotopic (exact) mass is 304 g/mol. The van der Waals surface area contributed by atoms with Crippen molar-refractivity contribution >= 4 is 27.3 Å². The van der Waals surface area contributed by atoms with Crippen LogP contribution in [-0.2, 0) is 10.0 Å². The van der Waals surface area contributed by atoms with E-state index in [1.54, 1.807) is 6.07 Å². The maximum Gasteiger partial charge on any atom is 0.235 e. The van der Waals surface area contributed by atoms with Gasteiger partial charge in [-0.3, -0.25) is 4.31 Å². The van der Waals surface area contributed by atoms with E-state index in [-0.39, 0.29) is 36.7 Å². The van der Waals surface area contributed by atoms with Gasteiger partial charge in [0.05, 0.1) is 23.9 Å². The first-order valence-corrected chi connectivity index (χ1v) is 7.85. The Hall–Kier alpha value is -1.32. The average molecular weight is 305 g/mol. The van der Waals surface area contributed by atoms with E-state index < -0.39 is 15.8 Å². The molecule has 0 spiro atoms. The lowest BCUT2D eigenvalue weighted by Crippen LogP contribution is -2.34. The van der Waals surface area contributed by atoms with E-state index in [9.17, 15) is 12.8 Å². The molecule has 0 aliphatic rings. The van der Waals surface area contributed by atoms with Crippen LogP contribution in [0, 0.1) is 17.1 Å². The van der Waals surface area contributed by atoms with E-state index in [1.165, 1.54) is 18.2 Å². The van der Waals surface area contributed by atoms with Crippen molar-refractivity contribution in [3.05, 3.63) is 30.1 Å². The van der Waals surface area contributed by atoms with Crippen LogP contribution in [-0.4, -0.2) is 26.6 Å². The van der Waals surface area contributed by atoms with Gasteiger partial charge in [-0.2, -0.15) is 5.26 Å². The van der Waals surface area contributed by atoms with Gasteiger partial charge in [0.1, 0.15) is 5.82 Å². The Morgan fingerprint density at radius 1 is 1.37 bits per heavy atom. The van der Waals surface area contributed by atoms with E-state index in [1.807, 2.05) is 6.07 Å². The lowest BCUT2D eigenvalue weighted by atomic mass is 10.3. The molecule has 1 aromatic carbocycles. The van der Waals surface area contributed by atoms with Crippen molar-refractivity contribution in [3.63, 3.8) is 0 Å². The molecule has 0 unspecified atom stereocenters. The number of halogens is 2. The van der Waals surface area contributed by atoms with Crippen LogP contribution in [0.15, 0.2) is 24.3 Å². The van der Waals surface area contributed by atoms with Gasteiger partial charge in [-0.25, -0.2) is 12.8 Å². The first kappa shape index (κ1) is 15.7. The Morgan fingerprint density at radius 3 is 2.63 bits per heavy atom. The first-order valence-electron chi connectivity index (χ1n) is 5.71. The summed E-state index contributed by atoms with van der Waals surface area (Å²) in [7, 11) is -3.67. The van der Waals surface area contributed by atoms with Crippen molar-refractivity contribution in [1.29, 1.82) is 5.26 Å². The number of benzene rings is 1. The summed E-state index contributed by atoms with van der Waals surface area (Å²) < 4.78 is 38.9. The van der Waals surface area contributed by atoms with Gasteiger partial charge in [0.2, 0.25) is 10.0 Å². The average Bonchev–Trinajstić information content (AvgIpc) is 2.38. The number of para-hydroxylation sites is 1. The molecule has 0 aliphatic carbocycles. The van der Waals surface area contributed by atoms with E-state index >= 15 is 0 Å². The number of hydrogen-bond donors (Lipinski definition) is 0. The number of nitrogens with zero attached hydrogens (tertiary/aromatic N) is 2. The second-order valence-electron chi connectivity index (χ2n) is 3.79. The third-order valence-corrected chi connectivity index (χ3v) is 4.54. The molecule has 0 saturated carbocycles. The van der Waals surface area contributed by atoms with Crippen LogP contribution in [0.25, 0.3) is 0 Å². The van der Waals surface area contributed by atoms with Crippen molar-refractivity contribution in [2.24, 2.45) is 0 Å². The lowest BCUT2D eigenvalue weighted by molar-refractivity contribution is 0.584. The molecule has 4 nitrogen and oxygen atoms in total. The molecular formula is C12H14ClFN2O2S. The Labute approximate surface area is 117 Å². The van der Waals surface area contributed by atoms with Crippen molar-refractivity contribution in [2.75, 3.05) is 22.5 Å². The third-order valence-electron chi connectivity index (χ3n) is 2.42. The van der Waals surface area contributed by atoms with Gasteiger partial charge >= 0.3 is 0 Å². The normalized spacial score (nSPS) is 11.0. The zero-order valence-electron chi connectivity index (χ0n) is 10.2. The molecule has 0 atom stereocenters. The minimum atomic E-state index is -3.67. The van der Waals surface area contributed by atoms with Gasteiger partial charge in [-0.15, -0.1) is 11.6 Å². The van der Waals surface area contributed by atoms with E-state index in [4.69, 9.17) is 16.9 Å². The number of nitriles is 1. The lowest BCUT2D eigenvalue weighted by Gasteiger charge is -2.23. The highest BCUT2D eigenvalue weighted by molar-refractivity contribution is 7.92. The molecule has 0 radical (unpaired) electrons. The quantitative estimate of drug-likeness (QED) is 0.727. The molecule has 0 amide bonds. The Kier molecular flexibility index (Phi) is 6.06. The van der Waals surface area contributed by atoms with Gasteiger partial charge in [0.15, 0.2) is 0 Å². The molecule has 0 saturated heterocycles. The molecule has 0 aromatic heterocycles. The maximum absolute atomic E-state index is 13.7. The summed E-state index contributed by atoms with van der Waals surface area (Å²) in [5.41, 5.74) is -0.0349. The number of rotatable bonds is 7. The standard InChI is InChI=1S/C12H14ClFN2O2S/c13-7-3-10-19(17,18)16(9-4-8-15)12-6-2-1-5-11(12)14/h1-2,5-6H,3-4,7,9-10H2. The highest BCUT2D eigenvalue weighted by Gasteiger charge is 2.23. The SMILES string of the molecule is N#CCCN(c1ccccc1F)S(=O)(=O)CCCCl. The van der Waals surface area contributed by atoms with Crippen LogP contribution in [0.4, 0.5) is 10.1 Å². The molecular weight excluding hydrogens is 291 g/mol. The van der Waals surface area contributed by atoms with Crippen LogP contribution in [0.5, 0.6) is 0 Å². The minimum Gasteiger partial charge on any atom is -0.266 e. The largest absolute Gasteiger partial charge is 0.266 e. The second-order valence-corrected chi connectivity index (χ2v) is 6.18. The smallest absolute Gasteiger partial charge is 0.235 e. The zero-order chi connectivity index (χ0) is 14.3. The predicted molar refractivity (Wildman–Crippen MR) is 73.1 cm³/mol. The van der Waals surface area contributed by atoms with Crippen molar-refractivity contribution in [3.8, 4) is 6.07 Å². The zero-order valence-corrected chi connectivity index (χ0v) is 11.8. The number of sulfonamides is 1. The highest BCUT2D eigenvalue weighted by Crippen LogP contribution is 2.22. The summed E-state index contributed by atoms with van der Waals surface area (Å²) in [5, 5.41) is 8.59. The van der Waals surface area contributed by atoms with Gasteiger partial charge in [0.25, 0.3) is 0 Å². The fourth-order valence-electron chi connectivity index (χ4n) is 1.56. The molecule has 0 aliphatic heterocycles. The van der Waals surface area contributed by atoms with Crippen LogP contribution >= 0.6 is 11.6 Å². The molecule has 0 heterocycles. The predicted octanol–water partition coefficient (Wildman–Crippen LogP) is 2.50. The fourth-order valence-corrected chi connectivity index (χ4v) is 3.40. The summed E-state index contributed by atoms with van der Waals surface area (Å²) >= 11 is 5.48. The molecule has 1 rings (SSSR count). The Morgan fingerprint density at radius 2 is 2.05 bits per heavy atom. The summed E-state index contributed by atoms with van der Waals surface area (Å²) in [6.07, 6.45) is 0.274. The molecule has 0 fully saturated rings. The van der Waals surface area contributed by atoms with Gasteiger partial charge in [-0.1, -0.05) is 12.1 Å². The summed E-state index contributed by atoms with van der Waals surface area (Å²) in [6, 6.07) is 7.46. The maximum atomic E-state index is 13.7. The first-order chi connectivity index (χ1) is 9.03. The van der Waals surface area contributed by atoms with E-state index in [0.717, 1.165) is 4.31 Å². The molecule has 1 aromatic rings. The van der Waals surface area contributed by atoms with Crippen LogP contribution in [0.1, 0.15) is 12.8 Å². The highest BCUT2D eigenvalue weighted by atomic mass is 35.5. The summed E-state index contributed by atoms with van der Waals surface area (Å²) in [5.74, 6) is -0.589. The Balaban J connectivity index is 3.09. The van der Waals surface area contributed by atoms with E-state index in [2.05, 4.69) is 0 Å². The second kappa shape index (κ2) is 7.31. The summed E-state index contributed by atoms with van der Waals surface area (Å²) in [6.45, 7) is -0.0674.